The molecule has 2 aromatic heterocycles. The molecule has 0 aliphatic carbocycles. The van der Waals surface area contributed by atoms with Crippen LogP contribution in [0.15, 0.2) is 53.1 Å². The van der Waals surface area contributed by atoms with Gasteiger partial charge in [-0.25, -0.2) is 0 Å². The first kappa shape index (κ1) is 14.9. The van der Waals surface area contributed by atoms with Crippen LogP contribution >= 0.6 is 0 Å². The van der Waals surface area contributed by atoms with Gasteiger partial charge >= 0.3 is 0 Å². The molecule has 116 valence electrons. The highest BCUT2D eigenvalue weighted by molar-refractivity contribution is 5.94. The molecule has 0 aliphatic rings. The molecule has 3 rings (SSSR count). The lowest BCUT2D eigenvalue weighted by atomic mass is 10.1. The van der Waals surface area contributed by atoms with E-state index in [0.717, 1.165) is 5.56 Å². The fraction of sp³-hybridized carbons (Fsp3) is 0.176. The molecule has 0 saturated heterocycles. The third-order valence-electron chi connectivity index (χ3n) is 3.26. The van der Waals surface area contributed by atoms with Crippen molar-refractivity contribution in [1.82, 2.24) is 20.5 Å². The summed E-state index contributed by atoms with van der Waals surface area (Å²) in [5, 5.41) is 10.8. The minimum absolute atomic E-state index is 0.113. The average Bonchev–Trinajstić information content (AvgIpc) is 3.04. The minimum atomic E-state index is -0.113. The van der Waals surface area contributed by atoms with Crippen LogP contribution in [0.25, 0.3) is 11.6 Å². The number of hydrogen-bond donors (Lipinski definition) is 1. The maximum atomic E-state index is 12.0. The number of hydrogen-bond acceptors (Lipinski definition) is 5. The van der Waals surface area contributed by atoms with E-state index in [4.69, 9.17) is 4.42 Å². The van der Waals surface area contributed by atoms with Gasteiger partial charge in [-0.1, -0.05) is 23.8 Å². The zero-order valence-electron chi connectivity index (χ0n) is 12.7. The molecule has 2 heterocycles. The summed E-state index contributed by atoms with van der Waals surface area (Å²) in [7, 11) is 0. The fourth-order valence-electron chi connectivity index (χ4n) is 2.12. The Labute approximate surface area is 133 Å². The van der Waals surface area contributed by atoms with Crippen molar-refractivity contribution in [2.45, 2.75) is 13.3 Å². The van der Waals surface area contributed by atoms with Gasteiger partial charge in [-0.3, -0.25) is 9.78 Å². The van der Waals surface area contributed by atoms with Crippen LogP contribution in [-0.2, 0) is 6.42 Å². The second-order valence-corrected chi connectivity index (χ2v) is 5.09. The number of carbonyl (C=O) groups is 1. The molecule has 0 bridgehead atoms. The normalized spacial score (nSPS) is 10.5. The highest BCUT2D eigenvalue weighted by Crippen LogP contribution is 2.14. The number of amides is 1. The number of carbonyl (C=O) groups excluding carboxylic acids is 1. The van der Waals surface area contributed by atoms with Gasteiger partial charge in [-0.15, -0.1) is 10.2 Å². The molecule has 23 heavy (non-hydrogen) atoms. The number of nitrogens with one attached hydrogen (secondary N) is 1. The van der Waals surface area contributed by atoms with Crippen molar-refractivity contribution in [1.29, 1.82) is 0 Å². The van der Waals surface area contributed by atoms with Gasteiger partial charge in [-0.2, -0.15) is 0 Å². The lowest BCUT2D eigenvalue weighted by molar-refractivity contribution is 0.0953. The van der Waals surface area contributed by atoms with E-state index >= 15 is 0 Å². The molecule has 0 spiro atoms. The molecule has 0 fully saturated rings. The number of benzene rings is 1. The van der Waals surface area contributed by atoms with Gasteiger partial charge in [0, 0.05) is 24.7 Å². The van der Waals surface area contributed by atoms with Crippen molar-refractivity contribution in [2.24, 2.45) is 0 Å². The summed E-state index contributed by atoms with van der Waals surface area (Å²) in [6.45, 7) is 2.38. The Bertz CT molecular complexity index is 799. The Morgan fingerprint density at radius 3 is 2.87 bits per heavy atom. The fourth-order valence-corrected chi connectivity index (χ4v) is 2.12. The molecule has 0 unspecified atom stereocenters. The Morgan fingerprint density at radius 2 is 2.09 bits per heavy atom. The van der Waals surface area contributed by atoms with Crippen LogP contribution < -0.4 is 5.32 Å². The summed E-state index contributed by atoms with van der Waals surface area (Å²) in [6, 6.07) is 12.9. The van der Waals surface area contributed by atoms with E-state index in [2.05, 4.69) is 20.5 Å². The van der Waals surface area contributed by atoms with Gasteiger partial charge in [0.15, 0.2) is 0 Å². The molecule has 0 radical (unpaired) electrons. The van der Waals surface area contributed by atoms with Crippen molar-refractivity contribution >= 4 is 5.91 Å². The topological polar surface area (TPSA) is 80.9 Å². The number of nitrogens with zero attached hydrogens (tertiary/aromatic N) is 3. The molecule has 1 aromatic carbocycles. The summed E-state index contributed by atoms with van der Waals surface area (Å²) in [4.78, 5) is 16.2. The SMILES string of the molecule is Cc1cccc(C(=O)NCCc2nnc(-c3ccccn3)o2)c1. The van der Waals surface area contributed by atoms with E-state index in [-0.39, 0.29) is 5.91 Å². The van der Waals surface area contributed by atoms with E-state index in [0.29, 0.717) is 36.0 Å². The highest BCUT2D eigenvalue weighted by atomic mass is 16.4. The number of aromatic nitrogens is 3. The summed E-state index contributed by atoms with van der Waals surface area (Å²) >= 11 is 0. The quantitative estimate of drug-likeness (QED) is 0.783. The lowest BCUT2D eigenvalue weighted by Gasteiger charge is -2.04. The van der Waals surface area contributed by atoms with E-state index in [9.17, 15) is 4.79 Å². The largest absolute Gasteiger partial charge is 0.419 e. The molecule has 0 atom stereocenters. The molecular formula is C17H16N4O2. The third kappa shape index (κ3) is 3.79. The molecule has 0 saturated carbocycles. The zero-order valence-corrected chi connectivity index (χ0v) is 12.7. The van der Waals surface area contributed by atoms with Crippen LogP contribution in [0.1, 0.15) is 21.8 Å². The predicted octanol–water partition coefficient (Wildman–Crippen LogP) is 2.41. The molecule has 1 N–H and O–H groups in total. The number of rotatable bonds is 5. The smallest absolute Gasteiger partial charge is 0.266 e. The lowest BCUT2D eigenvalue weighted by Crippen LogP contribution is -2.25. The Balaban J connectivity index is 1.55. The van der Waals surface area contributed by atoms with E-state index in [1.165, 1.54) is 0 Å². The summed E-state index contributed by atoms with van der Waals surface area (Å²) in [5.74, 6) is 0.735. The summed E-state index contributed by atoms with van der Waals surface area (Å²) in [6.07, 6.45) is 2.14. The van der Waals surface area contributed by atoms with Crippen LogP contribution in [0.5, 0.6) is 0 Å². The van der Waals surface area contributed by atoms with Crippen molar-refractivity contribution < 1.29 is 9.21 Å². The maximum Gasteiger partial charge on any atom is 0.266 e. The standard InChI is InChI=1S/C17H16N4O2/c1-12-5-4-6-13(11-12)16(22)19-10-8-15-20-21-17(23-15)14-7-2-3-9-18-14/h2-7,9,11H,8,10H2,1H3,(H,19,22). The molecule has 3 aromatic rings. The van der Waals surface area contributed by atoms with Crippen LogP contribution in [0, 0.1) is 6.92 Å². The average molecular weight is 308 g/mol. The van der Waals surface area contributed by atoms with Crippen molar-refractivity contribution in [2.75, 3.05) is 6.54 Å². The van der Waals surface area contributed by atoms with Gasteiger partial charge in [0.1, 0.15) is 5.69 Å². The number of pyridine rings is 1. The first-order chi connectivity index (χ1) is 11.2. The maximum absolute atomic E-state index is 12.0. The second kappa shape index (κ2) is 6.83. The molecule has 0 aliphatic heterocycles. The van der Waals surface area contributed by atoms with Crippen LogP contribution in [0.4, 0.5) is 0 Å². The van der Waals surface area contributed by atoms with E-state index in [1.807, 2.05) is 37.3 Å². The second-order valence-electron chi connectivity index (χ2n) is 5.09. The molecular weight excluding hydrogens is 292 g/mol. The Morgan fingerprint density at radius 1 is 1.17 bits per heavy atom. The van der Waals surface area contributed by atoms with Crippen LogP contribution in [0.3, 0.4) is 0 Å². The summed E-state index contributed by atoms with van der Waals surface area (Å²) in [5.41, 5.74) is 2.33. The van der Waals surface area contributed by atoms with Crippen molar-refractivity contribution in [3.05, 3.63) is 65.7 Å². The highest BCUT2D eigenvalue weighted by Gasteiger charge is 2.10. The Hall–Kier alpha value is -3.02. The molecule has 6 heteroatoms. The van der Waals surface area contributed by atoms with Gasteiger partial charge in [0.05, 0.1) is 0 Å². The van der Waals surface area contributed by atoms with Crippen molar-refractivity contribution in [3.63, 3.8) is 0 Å². The summed E-state index contributed by atoms with van der Waals surface area (Å²) < 4.78 is 5.54. The van der Waals surface area contributed by atoms with Gasteiger partial charge in [-0.05, 0) is 31.2 Å². The first-order valence-electron chi connectivity index (χ1n) is 7.31. The Kier molecular flexibility index (Phi) is 4.42. The molecule has 6 nitrogen and oxygen atoms in total. The zero-order chi connectivity index (χ0) is 16.1. The third-order valence-corrected chi connectivity index (χ3v) is 3.26. The van der Waals surface area contributed by atoms with E-state index in [1.54, 1.807) is 18.3 Å². The van der Waals surface area contributed by atoms with Crippen LogP contribution in [-0.4, -0.2) is 27.6 Å². The monoisotopic (exact) mass is 308 g/mol. The van der Waals surface area contributed by atoms with Gasteiger partial charge < -0.3 is 9.73 Å². The molecule has 1 amide bonds. The van der Waals surface area contributed by atoms with Crippen LogP contribution in [0.2, 0.25) is 0 Å². The van der Waals surface area contributed by atoms with Gasteiger partial charge in [0.25, 0.3) is 11.8 Å². The number of aryl methyl sites for hydroxylation is 1. The van der Waals surface area contributed by atoms with Crippen molar-refractivity contribution in [3.8, 4) is 11.6 Å². The van der Waals surface area contributed by atoms with Gasteiger partial charge in [0.2, 0.25) is 5.89 Å². The first-order valence-corrected chi connectivity index (χ1v) is 7.31. The minimum Gasteiger partial charge on any atom is -0.419 e. The predicted molar refractivity (Wildman–Crippen MR) is 84.7 cm³/mol. The van der Waals surface area contributed by atoms with E-state index < -0.39 is 0 Å².